The van der Waals surface area contributed by atoms with Crippen LogP contribution in [-0.2, 0) is 9.53 Å². The molecule has 1 aromatic carbocycles. The number of carbonyl (C=O) groups is 2. The van der Waals surface area contributed by atoms with Crippen LogP contribution in [0, 0.1) is 10.1 Å². The number of rotatable bonds is 5. The number of nitro benzene ring substituents is 1. The fraction of sp³-hybridized carbons (Fsp3) is 0.273. The van der Waals surface area contributed by atoms with Gasteiger partial charge in [0.2, 0.25) is 0 Å². The van der Waals surface area contributed by atoms with Crippen LogP contribution >= 0.6 is 11.6 Å². The van der Waals surface area contributed by atoms with Crippen LogP contribution < -0.4 is 5.32 Å². The third-order valence-electron chi connectivity index (χ3n) is 2.38. The molecule has 0 heterocycles. The van der Waals surface area contributed by atoms with Gasteiger partial charge in [-0.2, -0.15) is 0 Å². The summed E-state index contributed by atoms with van der Waals surface area (Å²) in [5, 5.41) is 21.8. The van der Waals surface area contributed by atoms with Crippen molar-refractivity contribution < 1.29 is 24.4 Å². The van der Waals surface area contributed by atoms with Gasteiger partial charge in [0.15, 0.2) is 6.04 Å². The summed E-state index contributed by atoms with van der Waals surface area (Å²) in [5.74, 6) is -1.68. The van der Waals surface area contributed by atoms with E-state index in [2.05, 4.69) is 10.1 Å². The fourth-order valence-corrected chi connectivity index (χ4v) is 1.56. The number of methoxy groups -OCH3 is 1. The zero-order chi connectivity index (χ0) is 15.3. The van der Waals surface area contributed by atoms with E-state index >= 15 is 0 Å². The summed E-state index contributed by atoms with van der Waals surface area (Å²) >= 11 is 5.77. The van der Waals surface area contributed by atoms with Gasteiger partial charge in [-0.05, 0) is 6.07 Å². The molecule has 0 bridgehead atoms. The van der Waals surface area contributed by atoms with E-state index < -0.39 is 29.4 Å². The summed E-state index contributed by atoms with van der Waals surface area (Å²) in [6.45, 7) is -0.676. The van der Waals surface area contributed by atoms with Crippen molar-refractivity contribution in [1.29, 1.82) is 0 Å². The number of amides is 1. The summed E-state index contributed by atoms with van der Waals surface area (Å²) in [4.78, 5) is 33.1. The topological polar surface area (TPSA) is 119 Å². The summed E-state index contributed by atoms with van der Waals surface area (Å²) in [6.07, 6.45) is 0. The molecule has 0 aromatic heterocycles. The molecule has 0 aliphatic rings. The van der Waals surface area contributed by atoms with Crippen LogP contribution in [0.3, 0.4) is 0 Å². The molecule has 0 spiro atoms. The number of nitrogens with zero attached hydrogens (tertiary/aromatic N) is 1. The van der Waals surface area contributed by atoms with E-state index in [-0.39, 0.29) is 16.3 Å². The second-order valence-electron chi connectivity index (χ2n) is 3.65. The Balaban J connectivity index is 2.99. The molecule has 2 N–H and O–H groups in total. The Morgan fingerprint density at radius 1 is 1.55 bits per heavy atom. The predicted octanol–water partition coefficient (Wildman–Crippen LogP) is 0.512. The van der Waals surface area contributed by atoms with E-state index in [1.807, 2.05) is 0 Å². The lowest BCUT2D eigenvalue weighted by atomic mass is 10.1. The molecule has 1 amide bonds. The van der Waals surface area contributed by atoms with E-state index in [1.54, 1.807) is 0 Å². The number of halogens is 1. The number of carbonyl (C=O) groups excluding carboxylic acids is 2. The van der Waals surface area contributed by atoms with Crippen LogP contribution in [0.15, 0.2) is 18.2 Å². The lowest BCUT2D eigenvalue weighted by Crippen LogP contribution is -2.44. The number of esters is 1. The molecule has 1 aromatic rings. The highest BCUT2D eigenvalue weighted by atomic mass is 35.5. The maximum absolute atomic E-state index is 11.9. The minimum absolute atomic E-state index is 0.0188. The van der Waals surface area contributed by atoms with Gasteiger partial charge >= 0.3 is 5.97 Å². The van der Waals surface area contributed by atoms with Crippen LogP contribution in [0.2, 0.25) is 5.02 Å². The molecule has 108 valence electrons. The van der Waals surface area contributed by atoms with Gasteiger partial charge in [0, 0.05) is 12.1 Å². The summed E-state index contributed by atoms with van der Waals surface area (Å²) < 4.78 is 4.38. The largest absolute Gasteiger partial charge is 0.467 e. The monoisotopic (exact) mass is 302 g/mol. The first-order chi connectivity index (χ1) is 9.40. The highest BCUT2D eigenvalue weighted by Crippen LogP contribution is 2.22. The Morgan fingerprint density at radius 3 is 2.70 bits per heavy atom. The van der Waals surface area contributed by atoms with Gasteiger partial charge in [0.25, 0.3) is 11.6 Å². The number of hydrogen-bond donors (Lipinski definition) is 2. The summed E-state index contributed by atoms with van der Waals surface area (Å²) in [5.41, 5.74) is -0.499. The van der Waals surface area contributed by atoms with E-state index in [4.69, 9.17) is 16.7 Å². The average molecular weight is 303 g/mol. The van der Waals surface area contributed by atoms with Gasteiger partial charge in [-0.15, -0.1) is 0 Å². The SMILES string of the molecule is COC(=O)C(CO)NC(=O)c1cc([N+](=O)[O-])ccc1Cl. The van der Waals surface area contributed by atoms with Crippen LogP contribution in [0.1, 0.15) is 10.4 Å². The van der Waals surface area contributed by atoms with Gasteiger partial charge in [-0.1, -0.05) is 11.6 Å². The zero-order valence-corrected chi connectivity index (χ0v) is 11.1. The second-order valence-corrected chi connectivity index (χ2v) is 4.06. The number of nitrogens with one attached hydrogen (secondary N) is 1. The highest BCUT2D eigenvalue weighted by Gasteiger charge is 2.23. The molecular formula is C11H11ClN2O6. The number of ether oxygens (including phenoxy) is 1. The first kappa shape index (κ1) is 15.9. The highest BCUT2D eigenvalue weighted by molar-refractivity contribution is 6.34. The van der Waals surface area contributed by atoms with Crippen molar-refractivity contribution in [1.82, 2.24) is 5.32 Å². The van der Waals surface area contributed by atoms with Gasteiger partial charge in [-0.25, -0.2) is 4.79 Å². The molecule has 0 saturated carbocycles. The quantitative estimate of drug-likeness (QED) is 0.465. The van der Waals surface area contributed by atoms with E-state index in [0.29, 0.717) is 0 Å². The number of benzene rings is 1. The molecule has 8 nitrogen and oxygen atoms in total. The van der Waals surface area contributed by atoms with Gasteiger partial charge < -0.3 is 15.2 Å². The smallest absolute Gasteiger partial charge is 0.330 e. The molecule has 0 fully saturated rings. The Hall–Kier alpha value is -2.19. The van der Waals surface area contributed by atoms with Crippen molar-refractivity contribution in [3.05, 3.63) is 38.9 Å². The predicted molar refractivity (Wildman–Crippen MR) is 68.5 cm³/mol. The lowest BCUT2D eigenvalue weighted by Gasteiger charge is -2.14. The summed E-state index contributed by atoms with van der Waals surface area (Å²) in [7, 11) is 1.09. The van der Waals surface area contributed by atoms with Crippen molar-refractivity contribution in [2.45, 2.75) is 6.04 Å². The molecular weight excluding hydrogens is 292 g/mol. The van der Waals surface area contributed by atoms with Gasteiger partial charge in [-0.3, -0.25) is 14.9 Å². The number of aliphatic hydroxyl groups excluding tert-OH is 1. The molecule has 0 aliphatic heterocycles. The van der Waals surface area contributed by atoms with Crippen LogP contribution in [-0.4, -0.2) is 41.7 Å². The zero-order valence-electron chi connectivity index (χ0n) is 10.3. The number of aliphatic hydroxyl groups is 1. The van der Waals surface area contributed by atoms with Crippen molar-refractivity contribution in [3.63, 3.8) is 0 Å². The Kier molecular flexibility index (Phi) is 5.42. The molecule has 9 heteroatoms. The second kappa shape index (κ2) is 6.83. The molecule has 1 atom stereocenters. The molecule has 0 radical (unpaired) electrons. The normalized spacial score (nSPS) is 11.6. The van der Waals surface area contributed by atoms with E-state index in [9.17, 15) is 19.7 Å². The maximum Gasteiger partial charge on any atom is 0.330 e. The average Bonchev–Trinajstić information content (AvgIpc) is 2.43. The van der Waals surface area contributed by atoms with Crippen molar-refractivity contribution in [2.75, 3.05) is 13.7 Å². The third kappa shape index (κ3) is 3.65. The number of nitro groups is 1. The maximum atomic E-state index is 11.9. The van der Waals surface area contributed by atoms with E-state index in [0.717, 1.165) is 19.2 Å². The molecule has 1 rings (SSSR count). The molecule has 0 saturated heterocycles. The van der Waals surface area contributed by atoms with Crippen molar-refractivity contribution in [2.24, 2.45) is 0 Å². The Labute approximate surface area is 118 Å². The van der Waals surface area contributed by atoms with Crippen LogP contribution in [0.25, 0.3) is 0 Å². The number of non-ortho nitro benzene ring substituents is 1. The minimum Gasteiger partial charge on any atom is -0.467 e. The standard InChI is InChI=1S/C11H11ClN2O6/c1-20-11(17)9(5-15)13-10(16)7-4-6(14(18)19)2-3-8(7)12/h2-4,9,15H,5H2,1H3,(H,13,16). The van der Waals surface area contributed by atoms with Crippen molar-refractivity contribution >= 4 is 29.2 Å². The van der Waals surface area contributed by atoms with Gasteiger partial charge in [0.1, 0.15) is 0 Å². The van der Waals surface area contributed by atoms with E-state index in [1.165, 1.54) is 6.07 Å². The number of hydrogen-bond acceptors (Lipinski definition) is 6. The van der Waals surface area contributed by atoms with Crippen molar-refractivity contribution in [3.8, 4) is 0 Å². The van der Waals surface area contributed by atoms with Crippen LogP contribution in [0.5, 0.6) is 0 Å². The summed E-state index contributed by atoms with van der Waals surface area (Å²) in [6, 6.07) is 2.04. The first-order valence-electron chi connectivity index (χ1n) is 5.34. The third-order valence-corrected chi connectivity index (χ3v) is 2.71. The minimum atomic E-state index is -1.28. The Bertz CT molecular complexity index is 548. The molecule has 1 unspecified atom stereocenters. The fourth-order valence-electron chi connectivity index (χ4n) is 1.36. The van der Waals surface area contributed by atoms with Gasteiger partial charge in [0.05, 0.1) is 29.2 Å². The first-order valence-corrected chi connectivity index (χ1v) is 5.72. The Morgan fingerprint density at radius 2 is 2.20 bits per heavy atom. The van der Waals surface area contributed by atoms with Crippen LogP contribution in [0.4, 0.5) is 5.69 Å². The molecule has 0 aliphatic carbocycles. The lowest BCUT2D eigenvalue weighted by molar-refractivity contribution is -0.384. The molecule has 20 heavy (non-hydrogen) atoms.